The van der Waals surface area contributed by atoms with E-state index in [-0.39, 0.29) is 17.0 Å². The third-order valence-electron chi connectivity index (χ3n) is 5.44. The van der Waals surface area contributed by atoms with Crippen LogP contribution < -0.4 is 14.8 Å². The number of rotatable bonds is 10. The summed E-state index contributed by atoms with van der Waals surface area (Å²) >= 11 is 0.988. The molecule has 0 spiro atoms. The van der Waals surface area contributed by atoms with Crippen LogP contribution in [0, 0.1) is 5.82 Å². The number of ether oxygens (including phenoxy) is 2. The van der Waals surface area contributed by atoms with Crippen LogP contribution in [0.15, 0.2) is 66.7 Å². The van der Waals surface area contributed by atoms with Crippen molar-refractivity contribution in [1.29, 1.82) is 0 Å². The quantitative estimate of drug-likeness (QED) is 0.345. The lowest BCUT2D eigenvalue weighted by molar-refractivity contribution is -0.119. The first-order valence-electron chi connectivity index (χ1n) is 11.3. The third kappa shape index (κ3) is 5.97. The van der Waals surface area contributed by atoms with Crippen molar-refractivity contribution < 1.29 is 23.5 Å². The first kappa shape index (κ1) is 23.8. The normalized spacial score (nSPS) is 15.3. The summed E-state index contributed by atoms with van der Waals surface area (Å²) < 4.78 is 25.0. The molecule has 1 aliphatic rings. The third-order valence-corrected chi connectivity index (χ3v) is 6.48. The van der Waals surface area contributed by atoms with Gasteiger partial charge in [-0.2, -0.15) is 0 Å². The predicted octanol–water partition coefficient (Wildman–Crippen LogP) is 6.32. The summed E-state index contributed by atoms with van der Waals surface area (Å²) in [6.45, 7) is 3.14. The van der Waals surface area contributed by atoms with E-state index in [9.17, 15) is 14.0 Å². The summed E-state index contributed by atoms with van der Waals surface area (Å²) in [5, 5.41) is 1.48. The molecule has 1 atom stereocenters. The highest BCUT2D eigenvalue weighted by molar-refractivity contribution is 8.15. The van der Waals surface area contributed by atoms with Crippen molar-refractivity contribution in [3.05, 3.63) is 83.7 Å². The van der Waals surface area contributed by atoms with E-state index in [1.165, 1.54) is 12.1 Å². The van der Waals surface area contributed by atoms with Gasteiger partial charge >= 0.3 is 0 Å². The van der Waals surface area contributed by atoms with Gasteiger partial charge in [0.25, 0.3) is 5.24 Å². The zero-order chi connectivity index (χ0) is 23.9. The highest BCUT2D eigenvalue weighted by Crippen LogP contribution is 2.34. The maximum Gasteiger partial charge on any atom is 0.286 e. The van der Waals surface area contributed by atoms with Gasteiger partial charge in [-0.25, -0.2) is 4.39 Å². The average molecular weight is 480 g/mol. The van der Waals surface area contributed by atoms with Crippen LogP contribution in [0.1, 0.15) is 36.1 Å². The monoisotopic (exact) mass is 479 g/mol. The van der Waals surface area contributed by atoms with E-state index in [2.05, 4.69) is 18.3 Å². The zero-order valence-electron chi connectivity index (χ0n) is 18.9. The summed E-state index contributed by atoms with van der Waals surface area (Å²) in [6, 6.07) is 19.8. The molecule has 176 valence electrons. The molecule has 3 aromatic rings. The van der Waals surface area contributed by atoms with Crippen molar-refractivity contribution >= 4 is 22.9 Å². The fourth-order valence-corrected chi connectivity index (χ4v) is 4.59. The SMILES string of the molecule is CCCc1cc(-c2ccc(F)cc2)ccc1OCCCOc1ccc(C2SC(=O)NC2=O)cc1. The number of hydrogen-bond donors (Lipinski definition) is 1. The van der Waals surface area contributed by atoms with E-state index in [4.69, 9.17) is 9.47 Å². The smallest absolute Gasteiger partial charge is 0.286 e. The first-order chi connectivity index (χ1) is 16.5. The van der Waals surface area contributed by atoms with Crippen LogP contribution >= 0.6 is 11.8 Å². The largest absolute Gasteiger partial charge is 0.493 e. The highest BCUT2D eigenvalue weighted by Gasteiger charge is 2.32. The number of hydrogen-bond acceptors (Lipinski definition) is 5. The average Bonchev–Trinajstić information content (AvgIpc) is 3.18. The van der Waals surface area contributed by atoms with Crippen LogP contribution in [0.2, 0.25) is 0 Å². The Morgan fingerprint density at radius 2 is 1.62 bits per heavy atom. The van der Waals surface area contributed by atoms with Gasteiger partial charge in [0.1, 0.15) is 22.6 Å². The number of halogens is 1. The van der Waals surface area contributed by atoms with Crippen LogP contribution in [0.3, 0.4) is 0 Å². The van der Waals surface area contributed by atoms with Gasteiger partial charge in [-0.3, -0.25) is 14.9 Å². The lowest BCUT2D eigenvalue weighted by Gasteiger charge is -2.14. The molecule has 0 saturated carbocycles. The van der Waals surface area contributed by atoms with Gasteiger partial charge in [-0.15, -0.1) is 0 Å². The number of aryl methyl sites for hydroxylation is 1. The van der Waals surface area contributed by atoms with Gasteiger partial charge in [0.15, 0.2) is 0 Å². The van der Waals surface area contributed by atoms with E-state index in [1.807, 2.05) is 12.1 Å². The second-order valence-corrected chi connectivity index (χ2v) is 9.05. The summed E-state index contributed by atoms with van der Waals surface area (Å²) in [6.07, 6.45) is 2.61. The van der Waals surface area contributed by atoms with Crippen LogP contribution in [-0.2, 0) is 11.2 Å². The Balaban J connectivity index is 1.27. The first-order valence-corrected chi connectivity index (χ1v) is 12.2. The Bertz CT molecular complexity index is 1150. The Kier molecular flexibility index (Phi) is 7.85. The van der Waals surface area contributed by atoms with E-state index in [0.717, 1.165) is 52.6 Å². The number of nitrogens with one attached hydrogen (secondary N) is 1. The predicted molar refractivity (Wildman–Crippen MR) is 132 cm³/mol. The molecule has 1 unspecified atom stereocenters. The van der Waals surface area contributed by atoms with E-state index in [0.29, 0.717) is 25.4 Å². The van der Waals surface area contributed by atoms with Crippen molar-refractivity contribution in [3.8, 4) is 22.6 Å². The van der Waals surface area contributed by atoms with Crippen molar-refractivity contribution in [3.63, 3.8) is 0 Å². The van der Waals surface area contributed by atoms with Gasteiger partial charge in [0, 0.05) is 6.42 Å². The van der Waals surface area contributed by atoms with Gasteiger partial charge in [0.2, 0.25) is 5.91 Å². The van der Waals surface area contributed by atoms with Crippen LogP contribution in [-0.4, -0.2) is 24.4 Å². The number of thioether (sulfide) groups is 1. The molecule has 1 fully saturated rings. The molecule has 0 aliphatic carbocycles. The standard InChI is InChI=1S/C27H26FNO4S/c1-2-4-21-17-20(18-5-10-22(28)11-6-18)9-14-24(21)33-16-3-15-32-23-12-7-19(8-13-23)25-26(30)29-27(31)34-25/h5-14,17,25H,2-4,15-16H2,1H3,(H,29,30,31). The molecule has 0 bridgehead atoms. The summed E-state index contributed by atoms with van der Waals surface area (Å²) in [4.78, 5) is 23.1. The Morgan fingerprint density at radius 1 is 0.912 bits per heavy atom. The highest BCUT2D eigenvalue weighted by atomic mass is 32.2. The molecule has 4 rings (SSSR count). The zero-order valence-corrected chi connectivity index (χ0v) is 19.7. The van der Waals surface area contributed by atoms with Crippen LogP contribution in [0.25, 0.3) is 11.1 Å². The Hall–Kier alpha value is -3.32. The van der Waals surface area contributed by atoms with Crippen molar-refractivity contribution in [2.24, 2.45) is 0 Å². The molecule has 34 heavy (non-hydrogen) atoms. The number of carbonyl (C=O) groups is 2. The van der Waals surface area contributed by atoms with Crippen molar-refractivity contribution in [2.75, 3.05) is 13.2 Å². The molecular weight excluding hydrogens is 453 g/mol. The lowest BCUT2D eigenvalue weighted by atomic mass is 10.00. The molecule has 1 N–H and O–H groups in total. The maximum absolute atomic E-state index is 13.2. The van der Waals surface area contributed by atoms with Gasteiger partial charge in [0.05, 0.1) is 13.2 Å². The number of amides is 2. The minimum atomic E-state index is -0.498. The molecule has 1 aliphatic heterocycles. The lowest BCUT2D eigenvalue weighted by Crippen LogP contribution is -2.20. The second kappa shape index (κ2) is 11.2. The van der Waals surface area contributed by atoms with Gasteiger partial charge in [-0.05, 0) is 76.8 Å². The minimum Gasteiger partial charge on any atom is -0.493 e. The molecule has 1 saturated heterocycles. The molecule has 5 nitrogen and oxygen atoms in total. The number of carbonyl (C=O) groups excluding carboxylic acids is 2. The molecule has 0 aromatic heterocycles. The van der Waals surface area contributed by atoms with E-state index >= 15 is 0 Å². The Labute approximate surface area is 202 Å². The molecule has 1 heterocycles. The Morgan fingerprint density at radius 3 is 2.29 bits per heavy atom. The number of benzene rings is 3. The second-order valence-electron chi connectivity index (χ2n) is 7.97. The van der Waals surface area contributed by atoms with Gasteiger partial charge < -0.3 is 9.47 Å². The van der Waals surface area contributed by atoms with E-state index < -0.39 is 5.25 Å². The van der Waals surface area contributed by atoms with Crippen molar-refractivity contribution in [2.45, 2.75) is 31.4 Å². The summed E-state index contributed by atoms with van der Waals surface area (Å²) in [5.41, 5.74) is 3.92. The number of imide groups is 1. The summed E-state index contributed by atoms with van der Waals surface area (Å²) in [5.74, 6) is 1.04. The van der Waals surface area contributed by atoms with Crippen LogP contribution in [0.5, 0.6) is 11.5 Å². The molecule has 2 amide bonds. The molecular formula is C27H26FNO4S. The topological polar surface area (TPSA) is 64.6 Å². The fraction of sp³-hybridized carbons (Fsp3) is 0.259. The fourth-order valence-electron chi connectivity index (χ4n) is 3.75. The minimum absolute atomic E-state index is 0.243. The molecule has 0 radical (unpaired) electrons. The van der Waals surface area contributed by atoms with Gasteiger partial charge in [-0.1, -0.05) is 43.7 Å². The van der Waals surface area contributed by atoms with Crippen molar-refractivity contribution in [1.82, 2.24) is 5.32 Å². The maximum atomic E-state index is 13.2. The van der Waals surface area contributed by atoms with E-state index in [1.54, 1.807) is 36.4 Å². The molecule has 7 heteroatoms. The van der Waals surface area contributed by atoms with Crippen LogP contribution in [0.4, 0.5) is 9.18 Å². The molecule has 3 aromatic carbocycles. The summed E-state index contributed by atoms with van der Waals surface area (Å²) in [7, 11) is 0.